The molecule has 1 aliphatic rings. The molecular formula is C24H18ClF4N3O. The molecule has 4 rings (SSSR count). The molecule has 1 atom stereocenters. The van der Waals surface area contributed by atoms with Gasteiger partial charge in [-0.3, -0.25) is 9.80 Å². The van der Waals surface area contributed by atoms with Gasteiger partial charge in [0.15, 0.2) is 0 Å². The van der Waals surface area contributed by atoms with Crippen molar-refractivity contribution >= 4 is 34.6 Å². The predicted molar refractivity (Wildman–Crippen MR) is 120 cm³/mol. The van der Waals surface area contributed by atoms with Crippen LogP contribution in [0.1, 0.15) is 33.9 Å². The van der Waals surface area contributed by atoms with Crippen molar-refractivity contribution in [2.45, 2.75) is 25.6 Å². The molecule has 33 heavy (non-hydrogen) atoms. The fourth-order valence-corrected chi connectivity index (χ4v) is 3.75. The highest BCUT2D eigenvalue weighted by molar-refractivity contribution is 6.33. The summed E-state index contributed by atoms with van der Waals surface area (Å²) in [7, 11) is 0. The molecule has 1 amide bonds. The van der Waals surface area contributed by atoms with E-state index in [4.69, 9.17) is 11.6 Å². The van der Waals surface area contributed by atoms with Gasteiger partial charge in [-0.05, 0) is 54.4 Å². The normalized spacial score (nSPS) is 16.0. The number of carbonyl (C=O) groups is 1. The number of alkyl halides is 3. The molecule has 9 heteroatoms. The number of nitrogens with zero attached hydrogens (tertiary/aromatic N) is 2. The minimum atomic E-state index is -4.57. The average Bonchev–Trinajstić information content (AvgIpc) is 3.22. The van der Waals surface area contributed by atoms with E-state index >= 15 is 0 Å². The number of anilines is 2. The Balaban J connectivity index is 1.58. The van der Waals surface area contributed by atoms with Crippen LogP contribution in [-0.2, 0) is 0 Å². The van der Waals surface area contributed by atoms with Gasteiger partial charge < -0.3 is 5.32 Å². The standard InChI is InChI=1S/C24H18ClF4N3O/c1-14-6-11-17(12-19(14)26)30-23(33)16-9-7-15(8-10-16)21-13-22(24(27,28)29)31-32(21)20-5-3-2-4-18(20)25/h2-12,21H,13H2,1H3,(H,30,33). The average molecular weight is 476 g/mol. The summed E-state index contributed by atoms with van der Waals surface area (Å²) in [4.78, 5) is 12.5. The molecule has 0 spiro atoms. The number of para-hydroxylation sites is 1. The van der Waals surface area contributed by atoms with Crippen LogP contribution >= 0.6 is 11.6 Å². The van der Waals surface area contributed by atoms with E-state index < -0.39 is 29.7 Å². The molecule has 1 unspecified atom stereocenters. The lowest BCUT2D eigenvalue weighted by Crippen LogP contribution is -2.21. The van der Waals surface area contributed by atoms with Gasteiger partial charge in [-0.15, -0.1) is 0 Å². The van der Waals surface area contributed by atoms with E-state index in [1.807, 2.05) is 0 Å². The number of amides is 1. The van der Waals surface area contributed by atoms with Gasteiger partial charge in [-0.1, -0.05) is 41.9 Å². The maximum atomic E-state index is 13.7. The van der Waals surface area contributed by atoms with Crippen molar-refractivity contribution in [1.82, 2.24) is 0 Å². The summed E-state index contributed by atoms with van der Waals surface area (Å²) in [5, 5.41) is 7.94. The number of halogens is 5. The zero-order chi connectivity index (χ0) is 23.8. The second-order valence-corrected chi connectivity index (χ2v) is 8.01. The smallest absolute Gasteiger partial charge is 0.322 e. The summed E-state index contributed by atoms with van der Waals surface area (Å²) >= 11 is 6.21. The molecule has 0 saturated heterocycles. The van der Waals surface area contributed by atoms with Crippen molar-refractivity contribution < 1.29 is 22.4 Å². The van der Waals surface area contributed by atoms with Crippen LogP contribution in [0, 0.1) is 12.7 Å². The first-order valence-corrected chi connectivity index (χ1v) is 10.4. The molecule has 0 bridgehead atoms. The van der Waals surface area contributed by atoms with Crippen molar-refractivity contribution in [2.75, 3.05) is 10.3 Å². The van der Waals surface area contributed by atoms with Gasteiger partial charge in [-0.25, -0.2) is 4.39 Å². The summed E-state index contributed by atoms with van der Waals surface area (Å²) in [6.45, 7) is 1.61. The van der Waals surface area contributed by atoms with Gasteiger partial charge in [0.2, 0.25) is 0 Å². The molecule has 4 nitrogen and oxygen atoms in total. The third kappa shape index (κ3) is 4.85. The van der Waals surface area contributed by atoms with Crippen LogP contribution in [0.25, 0.3) is 0 Å². The lowest BCUT2D eigenvalue weighted by molar-refractivity contribution is -0.0600. The van der Waals surface area contributed by atoms with Crippen LogP contribution in [0.5, 0.6) is 0 Å². The van der Waals surface area contributed by atoms with Crippen molar-refractivity contribution in [3.05, 3.63) is 94.3 Å². The molecule has 0 aromatic heterocycles. The molecule has 0 fully saturated rings. The van der Waals surface area contributed by atoms with Crippen molar-refractivity contribution in [3.8, 4) is 0 Å². The number of carbonyl (C=O) groups excluding carboxylic acids is 1. The SMILES string of the molecule is Cc1ccc(NC(=O)c2ccc(C3CC(C(F)(F)F)=NN3c3ccccc3Cl)cc2)cc1F. The summed E-state index contributed by atoms with van der Waals surface area (Å²) in [6.07, 6.45) is -4.93. The number of hydrogen-bond acceptors (Lipinski definition) is 3. The lowest BCUT2D eigenvalue weighted by Gasteiger charge is -2.25. The molecule has 3 aromatic rings. The summed E-state index contributed by atoms with van der Waals surface area (Å²) in [5.74, 6) is -0.907. The second-order valence-electron chi connectivity index (χ2n) is 7.60. The Bertz CT molecular complexity index is 1230. The Morgan fingerprint density at radius 1 is 1.09 bits per heavy atom. The number of nitrogens with one attached hydrogen (secondary N) is 1. The Hall–Kier alpha value is -3.39. The van der Waals surface area contributed by atoms with Crippen LogP contribution in [0.3, 0.4) is 0 Å². The fourth-order valence-electron chi connectivity index (χ4n) is 3.53. The zero-order valence-electron chi connectivity index (χ0n) is 17.3. The first-order valence-electron chi connectivity index (χ1n) is 9.99. The number of aryl methyl sites for hydroxylation is 1. The monoisotopic (exact) mass is 475 g/mol. The third-order valence-corrected chi connectivity index (χ3v) is 5.64. The molecular weight excluding hydrogens is 458 g/mol. The van der Waals surface area contributed by atoms with Crippen molar-refractivity contribution in [3.63, 3.8) is 0 Å². The largest absolute Gasteiger partial charge is 0.431 e. The molecule has 1 N–H and O–H groups in total. The summed E-state index contributed by atoms with van der Waals surface area (Å²) in [6, 6.07) is 16.3. The van der Waals surface area contributed by atoms with Crippen LogP contribution in [-0.4, -0.2) is 17.8 Å². The number of hydrogen-bond donors (Lipinski definition) is 1. The van der Waals surface area contributed by atoms with E-state index in [9.17, 15) is 22.4 Å². The number of hydrazone groups is 1. The van der Waals surface area contributed by atoms with Gasteiger partial charge in [0, 0.05) is 17.7 Å². The Kier molecular flexibility index (Phi) is 6.12. The molecule has 0 aliphatic carbocycles. The second kappa shape index (κ2) is 8.86. The third-order valence-electron chi connectivity index (χ3n) is 5.32. The maximum absolute atomic E-state index is 13.7. The van der Waals surface area contributed by atoms with E-state index in [1.165, 1.54) is 23.2 Å². The minimum absolute atomic E-state index is 0.274. The Morgan fingerprint density at radius 2 is 1.79 bits per heavy atom. The predicted octanol–water partition coefficient (Wildman–Crippen LogP) is 6.91. The number of rotatable bonds is 4. The van der Waals surface area contributed by atoms with Gasteiger partial charge >= 0.3 is 6.18 Å². The van der Waals surface area contributed by atoms with E-state index in [0.717, 1.165) is 0 Å². The highest BCUT2D eigenvalue weighted by atomic mass is 35.5. The first kappa shape index (κ1) is 22.8. The van der Waals surface area contributed by atoms with Gasteiger partial charge in [0.1, 0.15) is 11.5 Å². The molecule has 1 aliphatic heterocycles. The van der Waals surface area contributed by atoms with E-state index in [-0.39, 0.29) is 17.0 Å². The maximum Gasteiger partial charge on any atom is 0.431 e. The Morgan fingerprint density at radius 3 is 2.42 bits per heavy atom. The van der Waals surface area contributed by atoms with Gasteiger partial charge in [-0.2, -0.15) is 18.3 Å². The quantitative estimate of drug-likeness (QED) is 0.417. The van der Waals surface area contributed by atoms with Crippen LogP contribution in [0.4, 0.5) is 28.9 Å². The molecule has 0 radical (unpaired) electrons. The molecule has 1 heterocycles. The summed E-state index contributed by atoms with van der Waals surface area (Å²) < 4.78 is 53.9. The van der Waals surface area contributed by atoms with Crippen molar-refractivity contribution in [2.24, 2.45) is 5.10 Å². The van der Waals surface area contributed by atoms with Crippen LogP contribution < -0.4 is 10.3 Å². The van der Waals surface area contributed by atoms with Crippen molar-refractivity contribution in [1.29, 1.82) is 0 Å². The fraction of sp³-hybridized carbons (Fsp3) is 0.167. The molecule has 170 valence electrons. The van der Waals surface area contributed by atoms with Crippen LogP contribution in [0.2, 0.25) is 5.02 Å². The first-order chi connectivity index (χ1) is 15.6. The van der Waals surface area contributed by atoms with E-state index in [0.29, 0.717) is 22.5 Å². The van der Waals surface area contributed by atoms with E-state index in [1.54, 1.807) is 55.5 Å². The minimum Gasteiger partial charge on any atom is -0.322 e. The highest BCUT2D eigenvalue weighted by Crippen LogP contribution is 2.41. The van der Waals surface area contributed by atoms with Crippen LogP contribution in [0.15, 0.2) is 71.8 Å². The van der Waals surface area contributed by atoms with Gasteiger partial charge in [0.25, 0.3) is 5.91 Å². The van der Waals surface area contributed by atoms with E-state index in [2.05, 4.69) is 10.4 Å². The zero-order valence-corrected chi connectivity index (χ0v) is 18.1. The van der Waals surface area contributed by atoms with Gasteiger partial charge in [0.05, 0.1) is 16.8 Å². The lowest BCUT2D eigenvalue weighted by atomic mass is 9.99. The Labute approximate surface area is 192 Å². The highest BCUT2D eigenvalue weighted by Gasteiger charge is 2.43. The molecule has 3 aromatic carbocycles. The summed E-state index contributed by atoms with van der Waals surface area (Å²) in [5.41, 5.74) is 1.02. The number of benzene rings is 3. The molecule has 0 saturated carbocycles. The topological polar surface area (TPSA) is 44.7 Å².